The molecule has 0 radical (unpaired) electrons. The Balaban J connectivity index is 1.51. The summed E-state index contributed by atoms with van der Waals surface area (Å²) in [5, 5.41) is 10.6. The molecule has 0 fully saturated rings. The Kier molecular flexibility index (Phi) is 4.43. The van der Waals surface area contributed by atoms with Gasteiger partial charge in [-0.2, -0.15) is 5.26 Å². The fourth-order valence-corrected chi connectivity index (χ4v) is 7.79. The molecule has 196 valence electrons. The van der Waals surface area contributed by atoms with Gasteiger partial charge in [-0.05, 0) is 67.8 Å². The molecule has 4 heteroatoms. The molecule has 5 aromatic carbocycles. The van der Waals surface area contributed by atoms with Gasteiger partial charge in [-0.25, -0.2) is 9.18 Å². The zero-order chi connectivity index (χ0) is 28.2. The Morgan fingerprint density at radius 1 is 0.643 bits per heavy atom. The SMILES string of the molecule is N#CC(C1=C2C(=C3c4ccccc4-c4cccc(c43)C23c2ccccc2-c2ccccc23)C(=O)O1)c1ccc(F)cc1. The highest BCUT2D eigenvalue weighted by Crippen LogP contribution is 2.67. The van der Waals surface area contributed by atoms with E-state index in [1.54, 1.807) is 12.1 Å². The predicted octanol–water partition coefficient (Wildman–Crippen LogP) is 8.05. The minimum absolute atomic E-state index is 0.309. The van der Waals surface area contributed by atoms with E-state index in [1.165, 1.54) is 12.1 Å². The number of carbonyl (C=O) groups is 1. The fourth-order valence-electron chi connectivity index (χ4n) is 7.79. The molecule has 0 saturated carbocycles. The Labute approximate surface area is 241 Å². The highest BCUT2D eigenvalue weighted by Gasteiger charge is 2.59. The molecule has 1 atom stereocenters. The van der Waals surface area contributed by atoms with Gasteiger partial charge in [-0.15, -0.1) is 0 Å². The van der Waals surface area contributed by atoms with Crippen molar-refractivity contribution >= 4 is 11.5 Å². The number of benzene rings is 5. The van der Waals surface area contributed by atoms with Gasteiger partial charge in [-0.1, -0.05) is 103 Å². The first-order valence-corrected chi connectivity index (χ1v) is 13.9. The number of cyclic esters (lactones) is 1. The van der Waals surface area contributed by atoms with Gasteiger partial charge < -0.3 is 4.74 Å². The Bertz CT molecular complexity index is 2120. The van der Waals surface area contributed by atoms with Crippen molar-refractivity contribution < 1.29 is 13.9 Å². The second-order valence-corrected chi connectivity index (χ2v) is 11.1. The van der Waals surface area contributed by atoms with Crippen LogP contribution in [0, 0.1) is 17.1 Å². The summed E-state index contributed by atoms with van der Waals surface area (Å²) in [6.07, 6.45) is 0. The molecular weight excluding hydrogens is 521 g/mol. The van der Waals surface area contributed by atoms with Gasteiger partial charge in [0, 0.05) is 11.1 Å². The van der Waals surface area contributed by atoms with Crippen LogP contribution in [0.5, 0.6) is 0 Å². The maximum absolute atomic E-state index is 14.2. The highest BCUT2D eigenvalue weighted by atomic mass is 19.1. The van der Waals surface area contributed by atoms with Crippen molar-refractivity contribution in [3.05, 3.63) is 171 Å². The number of hydrogen-bond donors (Lipinski definition) is 0. The Hall–Kier alpha value is -5.53. The van der Waals surface area contributed by atoms with E-state index >= 15 is 0 Å². The van der Waals surface area contributed by atoms with Crippen LogP contribution in [0.4, 0.5) is 4.39 Å². The molecule has 0 bridgehead atoms. The molecular formula is C38H20FNO2. The van der Waals surface area contributed by atoms with Crippen LogP contribution < -0.4 is 0 Å². The number of halogens is 1. The summed E-state index contributed by atoms with van der Waals surface area (Å²) in [7, 11) is 0. The van der Waals surface area contributed by atoms with Crippen LogP contribution in [0.2, 0.25) is 0 Å². The molecule has 5 aromatic rings. The van der Waals surface area contributed by atoms with Gasteiger partial charge in [0.2, 0.25) is 0 Å². The largest absolute Gasteiger partial charge is 0.425 e. The fraction of sp³-hybridized carbons (Fsp3) is 0.0526. The molecule has 1 spiro atoms. The minimum atomic E-state index is -0.916. The van der Waals surface area contributed by atoms with Crippen molar-refractivity contribution in [2.75, 3.05) is 0 Å². The summed E-state index contributed by atoms with van der Waals surface area (Å²) in [4.78, 5) is 14.2. The van der Waals surface area contributed by atoms with E-state index in [0.717, 1.165) is 55.6 Å². The van der Waals surface area contributed by atoms with Crippen LogP contribution in [-0.4, -0.2) is 5.97 Å². The molecule has 9 rings (SSSR count). The lowest BCUT2D eigenvalue weighted by atomic mass is 9.59. The van der Waals surface area contributed by atoms with Crippen LogP contribution in [-0.2, 0) is 14.9 Å². The van der Waals surface area contributed by atoms with E-state index in [-0.39, 0.29) is 0 Å². The van der Waals surface area contributed by atoms with Crippen LogP contribution >= 0.6 is 0 Å². The van der Waals surface area contributed by atoms with E-state index in [0.29, 0.717) is 22.5 Å². The Morgan fingerprint density at radius 3 is 1.88 bits per heavy atom. The quantitative estimate of drug-likeness (QED) is 0.208. The zero-order valence-electron chi connectivity index (χ0n) is 22.2. The third-order valence-corrected chi connectivity index (χ3v) is 9.28. The molecule has 0 aromatic heterocycles. The molecule has 0 N–H and O–H groups in total. The summed E-state index contributed by atoms with van der Waals surface area (Å²) in [6, 6.07) is 39.4. The van der Waals surface area contributed by atoms with Crippen molar-refractivity contribution in [3.63, 3.8) is 0 Å². The number of allylic oxidation sites excluding steroid dienone is 1. The minimum Gasteiger partial charge on any atom is -0.425 e. The maximum atomic E-state index is 14.2. The van der Waals surface area contributed by atoms with Crippen molar-refractivity contribution in [1.82, 2.24) is 0 Å². The molecule has 3 aliphatic carbocycles. The zero-order valence-corrected chi connectivity index (χ0v) is 22.2. The van der Waals surface area contributed by atoms with Crippen molar-refractivity contribution in [3.8, 4) is 28.3 Å². The number of esters is 1. The molecule has 1 aliphatic heterocycles. The first-order valence-electron chi connectivity index (χ1n) is 13.9. The second kappa shape index (κ2) is 8.02. The molecule has 1 heterocycles. The van der Waals surface area contributed by atoms with Gasteiger partial charge in [0.15, 0.2) is 0 Å². The Morgan fingerprint density at radius 2 is 1.21 bits per heavy atom. The molecule has 3 nitrogen and oxygen atoms in total. The summed E-state index contributed by atoms with van der Waals surface area (Å²) in [5.74, 6) is -1.46. The third-order valence-electron chi connectivity index (χ3n) is 9.28. The summed E-state index contributed by atoms with van der Waals surface area (Å²) >= 11 is 0. The lowest BCUT2D eigenvalue weighted by molar-refractivity contribution is -0.133. The number of rotatable bonds is 2. The number of nitrogens with zero attached hydrogens (tertiary/aromatic N) is 1. The number of hydrogen-bond acceptors (Lipinski definition) is 3. The molecule has 4 aliphatic rings. The average molecular weight is 542 g/mol. The highest BCUT2D eigenvalue weighted by molar-refractivity contribution is 6.18. The van der Waals surface area contributed by atoms with Crippen LogP contribution in [0.25, 0.3) is 27.8 Å². The maximum Gasteiger partial charge on any atom is 0.344 e. The smallest absolute Gasteiger partial charge is 0.344 e. The van der Waals surface area contributed by atoms with E-state index in [2.05, 4.69) is 60.7 Å². The van der Waals surface area contributed by atoms with Gasteiger partial charge in [-0.3, -0.25) is 0 Å². The van der Waals surface area contributed by atoms with Crippen LogP contribution in [0.15, 0.2) is 132 Å². The standard InChI is InChI=1S/C38H20FNO2/c39-22-18-16-21(17-19-22)28(20-40)36-35-34(37(41)42-36)33-27-11-2-1-8-23(27)26-12-7-15-31(32(26)33)38(35)29-13-5-3-9-24(29)25-10-4-6-14-30(25)38/h1-19,28H. The lowest BCUT2D eigenvalue weighted by Crippen LogP contribution is -2.35. The van der Waals surface area contributed by atoms with Crippen molar-refractivity contribution in [1.29, 1.82) is 5.26 Å². The van der Waals surface area contributed by atoms with E-state index < -0.39 is 23.1 Å². The van der Waals surface area contributed by atoms with Crippen molar-refractivity contribution in [2.45, 2.75) is 11.3 Å². The van der Waals surface area contributed by atoms with Crippen molar-refractivity contribution in [2.24, 2.45) is 0 Å². The molecule has 0 amide bonds. The normalized spacial score (nSPS) is 16.8. The van der Waals surface area contributed by atoms with Gasteiger partial charge in [0.25, 0.3) is 0 Å². The van der Waals surface area contributed by atoms with Crippen LogP contribution in [0.3, 0.4) is 0 Å². The second-order valence-electron chi connectivity index (χ2n) is 11.1. The number of ether oxygens (including phenoxy) is 1. The van der Waals surface area contributed by atoms with Gasteiger partial charge >= 0.3 is 5.97 Å². The first-order chi connectivity index (χ1) is 20.6. The van der Waals surface area contributed by atoms with E-state index in [9.17, 15) is 14.4 Å². The van der Waals surface area contributed by atoms with Gasteiger partial charge in [0.05, 0.1) is 17.1 Å². The van der Waals surface area contributed by atoms with E-state index in [4.69, 9.17) is 4.74 Å². The summed E-state index contributed by atoms with van der Waals surface area (Å²) < 4.78 is 20.2. The lowest BCUT2D eigenvalue weighted by Gasteiger charge is -2.40. The average Bonchev–Trinajstić information content (AvgIpc) is 3.65. The van der Waals surface area contributed by atoms with E-state index in [1.807, 2.05) is 36.4 Å². The topological polar surface area (TPSA) is 50.1 Å². The number of carbonyl (C=O) groups excluding carboxylic acids is 1. The first kappa shape index (κ1) is 23.2. The predicted molar refractivity (Wildman–Crippen MR) is 158 cm³/mol. The third kappa shape index (κ3) is 2.62. The summed E-state index contributed by atoms with van der Waals surface area (Å²) in [6.45, 7) is 0. The number of fused-ring (bicyclic) bond motifs is 11. The molecule has 42 heavy (non-hydrogen) atoms. The summed E-state index contributed by atoms with van der Waals surface area (Å²) in [5.41, 5.74) is 11.3. The molecule has 1 unspecified atom stereocenters. The van der Waals surface area contributed by atoms with Gasteiger partial charge in [0.1, 0.15) is 17.5 Å². The monoisotopic (exact) mass is 541 g/mol. The molecule has 0 saturated heterocycles. The van der Waals surface area contributed by atoms with Crippen LogP contribution in [0.1, 0.15) is 39.3 Å². The number of nitriles is 1.